The van der Waals surface area contributed by atoms with E-state index in [1.807, 2.05) is 16.9 Å². The van der Waals surface area contributed by atoms with Gasteiger partial charge in [-0.3, -0.25) is 0 Å². The van der Waals surface area contributed by atoms with E-state index in [4.69, 9.17) is 0 Å². The Morgan fingerprint density at radius 3 is 2.27 bits per heavy atom. The quantitative estimate of drug-likeness (QED) is 0.428. The molecular weight excluding hydrogens is 318 g/mol. The molecule has 0 spiro atoms. The summed E-state index contributed by atoms with van der Waals surface area (Å²) in [5.74, 6) is 0. The van der Waals surface area contributed by atoms with Crippen molar-refractivity contribution < 1.29 is 0 Å². The summed E-state index contributed by atoms with van der Waals surface area (Å²) in [6.07, 6.45) is 11.3. The van der Waals surface area contributed by atoms with E-state index in [0.717, 1.165) is 17.8 Å². The lowest BCUT2D eigenvalue weighted by atomic mass is 10.0. The van der Waals surface area contributed by atoms with E-state index in [9.17, 15) is 0 Å². The van der Waals surface area contributed by atoms with E-state index in [2.05, 4.69) is 65.8 Å². The lowest BCUT2D eigenvalue weighted by Crippen LogP contribution is -1.99. The lowest BCUT2D eigenvalue weighted by molar-refractivity contribution is 0.607. The first-order chi connectivity index (χ1) is 12.8. The average Bonchev–Trinajstić information content (AvgIpc) is 3.14. The van der Waals surface area contributed by atoms with Gasteiger partial charge in [-0.25, -0.2) is 4.68 Å². The Morgan fingerprint density at radius 2 is 1.50 bits per heavy atom. The average molecular weight is 348 g/mol. The van der Waals surface area contributed by atoms with Crippen LogP contribution in [0.25, 0.3) is 11.3 Å². The number of hydrogen-bond donors (Lipinski definition) is 0. The minimum Gasteiger partial charge on any atom is -0.247 e. The van der Waals surface area contributed by atoms with E-state index in [0.29, 0.717) is 0 Å². The highest BCUT2D eigenvalue weighted by Crippen LogP contribution is 2.18. The van der Waals surface area contributed by atoms with E-state index < -0.39 is 0 Å². The van der Waals surface area contributed by atoms with Crippen LogP contribution in [0.2, 0.25) is 0 Å². The molecule has 0 N–H and O–H groups in total. The zero-order valence-electron chi connectivity index (χ0n) is 15.8. The number of hydrogen-bond acceptors (Lipinski definition) is 2. The molecule has 1 heterocycles. The Hall–Kier alpha value is -2.42. The Bertz CT molecular complexity index is 760. The Morgan fingerprint density at radius 1 is 0.769 bits per heavy atom. The maximum Gasteiger partial charge on any atom is 0.113 e. The molecule has 2 aromatic carbocycles. The highest BCUT2D eigenvalue weighted by atomic mass is 15.4. The molecule has 0 unspecified atom stereocenters. The van der Waals surface area contributed by atoms with Crippen LogP contribution in [0.3, 0.4) is 0 Å². The molecule has 0 bridgehead atoms. The Kier molecular flexibility index (Phi) is 7.00. The summed E-state index contributed by atoms with van der Waals surface area (Å²) >= 11 is 0. The van der Waals surface area contributed by atoms with Crippen LogP contribution in [-0.2, 0) is 13.0 Å². The van der Waals surface area contributed by atoms with Gasteiger partial charge < -0.3 is 0 Å². The monoisotopic (exact) mass is 347 g/mol. The normalized spacial score (nSPS) is 11.0. The van der Waals surface area contributed by atoms with Gasteiger partial charge in [-0.1, -0.05) is 98.8 Å². The van der Waals surface area contributed by atoms with E-state index >= 15 is 0 Å². The molecule has 26 heavy (non-hydrogen) atoms. The number of nitrogens with zero attached hydrogens (tertiary/aromatic N) is 3. The molecule has 0 aliphatic rings. The molecule has 1 aromatic heterocycles. The third-order valence-electron chi connectivity index (χ3n) is 4.79. The third-order valence-corrected chi connectivity index (χ3v) is 4.79. The lowest BCUT2D eigenvalue weighted by Gasteiger charge is -2.03. The van der Waals surface area contributed by atoms with Crippen LogP contribution in [0.15, 0.2) is 60.8 Å². The van der Waals surface area contributed by atoms with Crippen molar-refractivity contribution in [1.29, 1.82) is 0 Å². The first-order valence-electron chi connectivity index (χ1n) is 9.88. The van der Waals surface area contributed by atoms with Crippen molar-refractivity contribution in [3.8, 4) is 11.3 Å². The van der Waals surface area contributed by atoms with Crippen molar-refractivity contribution in [1.82, 2.24) is 15.0 Å². The van der Waals surface area contributed by atoms with Gasteiger partial charge in [0.15, 0.2) is 0 Å². The van der Waals surface area contributed by atoms with E-state index in [1.54, 1.807) is 0 Å². The summed E-state index contributed by atoms with van der Waals surface area (Å²) in [6, 6.07) is 19.2. The first kappa shape index (κ1) is 18.4. The minimum atomic E-state index is 0.754. The van der Waals surface area contributed by atoms with Gasteiger partial charge in [-0.15, -0.1) is 5.10 Å². The molecular formula is C23H29N3. The second kappa shape index (κ2) is 9.91. The van der Waals surface area contributed by atoms with Crippen LogP contribution in [0.1, 0.15) is 56.6 Å². The van der Waals surface area contributed by atoms with Crippen molar-refractivity contribution in [3.63, 3.8) is 0 Å². The van der Waals surface area contributed by atoms with Crippen LogP contribution in [0.5, 0.6) is 0 Å². The van der Waals surface area contributed by atoms with Gasteiger partial charge in [0.1, 0.15) is 5.69 Å². The van der Waals surface area contributed by atoms with Gasteiger partial charge in [0.2, 0.25) is 0 Å². The smallest absolute Gasteiger partial charge is 0.113 e. The molecule has 0 amide bonds. The summed E-state index contributed by atoms with van der Waals surface area (Å²) < 4.78 is 1.90. The molecule has 3 rings (SSSR count). The summed E-state index contributed by atoms with van der Waals surface area (Å²) in [5.41, 5.74) is 4.72. The predicted octanol–water partition coefficient (Wildman–Crippen LogP) is 5.90. The maximum atomic E-state index is 4.33. The summed E-state index contributed by atoms with van der Waals surface area (Å²) in [5, 5.41) is 8.59. The van der Waals surface area contributed by atoms with Crippen LogP contribution in [0.4, 0.5) is 0 Å². The highest BCUT2D eigenvalue weighted by molar-refractivity contribution is 5.58. The predicted molar refractivity (Wildman–Crippen MR) is 108 cm³/mol. The molecule has 0 aliphatic carbocycles. The van der Waals surface area contributed by atoms with Gasteiger partial charge >= 0.3 is 0 Å². The second-order valence-corrected chi connectivity index (χ2v) is 7.00. The molecule has 136 valence electrons. The maximum absolute atomic E-state index is 4.33. The number of aromatic nitrogens is 3. The van der Waals surface area contributed by atoms with Crippen molar-refractivity contribution in [3.05, 3.63) is 71.9 Å². The molecule has 0 saturated carbocycles. The van der Waals surface area contributed by atoms with Crippen molar-refractivity contribution in [2.24, 2.45) is 0 Å². The topological polar surface area (TPSA) is 30.7 Å². The summed E-state index contributed by atoms with van der Waals surface area (Å²) in [6.45, 7) is 3.02. The fraction of sp³-hybridized carbons (Fsp3) is 0.391. The Labute approximate surface area is 157 Å². The van der Waals surface area contributed by atoms with Crippen molar-refractivity contribution in [2.45, 2.75) is 58.4 Å². The number of unbranched alkanes of at least 4 members (excludes halogenated alkanes) is 5. The van der Waals surface area contributed by atoms with Crippen LogP contribution >= 0.6 is 0 Å². The number of benzene rings is 2. The fourth-order valence-corrected chi connectivity index (χ4v) is 3.23. The molecule has 0 atom stereocenters. The molecule has 0 fully saturated rings. The summed E-state index contributed by atoms with van der Waals surface area (Å²) in [4.78, 5) is 0. The minimum absolute atomic E-state index is 0.754. The van der Waals surface area contributed by atoms with Crippen LogP contribution < -0.4 is 0 Å². The van der Waals surface area contributed by atoms with Gasteiger partial charge in [-0.05, 0) is 24.0 Å². The van der Waals surface area contributed by atoms with Crippen LogP contribution in [0, 0.1) is 0 Å². The number of rotatable bonds is 10. The largest absolute Gasteiger partial charge is 0.247 e. The van der Waals surface area contributed by atoms with Crippen molar-refractivity contribution in [2.75, 3.05) is 0 Å². The molecule has 3 heteroatoms. The molecule has 0 saturated heterocycles. The van der Waals surface area contributed by atoms with Gasteiger partial charge in [-0.2, -0.15) is 0 Å². The zero-order chi connectivity index (χ0) is 18.0. The highest BCUT2D eigenvalue weighted by Gasteiger charge is 2.05. The van der Waals surface area contributed by atoms with Crippen molar-refractivity contribution >= 4 is 0 Å². The van der Waals surface area contributed by atoms with Gasteiger partial charge in [0, 0.05) is 5.56 Å². The number of aryl methyl sites for hydroxylation is 1. The zero-order valence-corrected chi connectivity index (χ0v) is 15.8. The molecule has 3 nitrogen and oxygen atoms in total. The molecule has 0 aliphatic heterocycles. The van der Waals surface area contributed by atoms with Gasteiger partial charge in [0.05, 0.1) is 12.7 Å². The SMILES string of the molecule is CCCCCCCCc1ccc(-c2cn(Cc3ccccc3)nn2)cc1. The summed E-state index contributed by atoms with van der Waals surface area (Å²) in [7, 11) is 0. The molecule has 3 aromatic rings. The van der Waals surface area contributed by atoms with E-state index in [1.165, 1.54) is 56.1 Å². The van der Waals surface area contributed by atoms with E-state index in [-0.39, 0.29) is 0 Å². The van der Waals surface area contributed by atoms with Crippen LogP contribution in [-0.4, -0.2) is 15.0 Å². The fourth-order valence-electron chi connectivity index (χ4n) is 3.23. The Balaban J connectivity index is 1.51. The second-order valence-electron chi connectivity index (χ2n) is 7.00. The molecule has 0 radical (unpaired) electrons. The standard InChI is InChI=1S/C23H29N3/c1-2-3-4-5-6-8-11-20-14-16-22(17-15-20)23-19-26(25-24-23)18-21-12-9-7-10-13-21/h7,9-10,12-17,19H,2-6,8,11,18H2,1H3. The first-order valence-corrected chi connectivity index (χ1v) is 9.88. The van der Waals surface area contributed by atoms with Gasteiger partial charge in [0.25, 0.3) is 0 Å². The third kappa shape index (κ3) is 5.55.